The lowest BCUT2D eigenvalue weighted by molar-refractivity contribution is 0.115. The summed E-state index contributed by atoms with van der Waals surface area (Å²) in [5.74, 6) is 0. The fraction of sp³-hybridized carbons (Fsp3) is 0.900. The van der Waals surface area contributed by atoms with Crippen molar-refractivity contribution in [1.82, 2.24) is 10.2 Å². The second kappa shape index (κ2) is 3.99. The van der Waals surface area contributed by atoms with Crippen LogP contribution < -0.4 is 5.32 Å². The molecule has 1 aliphatic heterocycles. The van der Waals surface area contributed by atoms with E-state index in [1.165, 1.54) is 0 Å². The summed E-state index contributed by atoms with van der Waals surface area (Å²) in [4.78, 5) is 13.5. The van der Waals surface area contributed by atoms with Crippen molar-refractivity contribution in [3.8, 4) is 0 Å². The Kier molecular flexibility index (Phi) is 3.17. The van der Waals surface area contributed by atoms with Crippen LogP contribution >= 0.6 is 0 Å². The van der Waals surface area contributed by atoms with Crippen molar-refractivity contribution in [3.05, 3.63) is 0 Å². The van der Waals surface area contributed by atoms with Gasteiger partial charge < -0.3 is 10.2 Å². The lowest BCUT2D eigenvalue weighted by Crippen LogP contribution is -2.55. The summed E-state index contributed by atoms with van der Waals surface area (Å²) in [6.45, 7) is 8.17. The van der Waals surface area contributed by atoms with Gasteiger partial charge in [-0.25, -0.2) is 4.79 Å². The third-order valence-corrected chi connectivity index (χ3v) is 2.67. The van der Waals surface area contributed by atoms with E-state index in [-0.39, 0.29) is 11.6 Å². The van der Waals surface area contributed by atoms with Crippen molar-refractivity contribution in [2.24, 2.45) is 0 Å². The molecule has 1 N–H and O–H groups in total. The maximum absolute atomic E-state index is 11.5. The smallest absolute Gasteiger partial charge is 0.317 e. The fourth-order valence-corrected chi connectivity index (χ4v) is 1.95. The number of carbonyl (C=O) groups is 1. The molecule has 0 aromatic carbocycles. The molecule has 3 nitrogen and oxygen atoms in total. The van der Waals surface area contributed by atoms with Crippen LogP contribution in [0.5, 0.6) is 0 Å². The van der Waals surface area contributed by atoms with Gasteiger partial charge in [0.15, 0.2) is 0 Å². The summed E-state index contributed by atoms with van der Waals surface area (Å²) in [6.07, 6.45) is 3.26. The zero-order valence-electron chi connectivity index (χ0n) is 8.89. The number of nitrogens with one attached hydrogen (secondary N) is 1. The van der Waals surface area contributed by atoms with Gasteiger partial charge in [-0.2, -0.15) is 0 Å². The van der Waals surface area contributed by atoms with Crippen LogP contribution in [0, 0.1) is 0 Å². The lowest BCUT2D eigenvalue weighted by Gasteiger charge is -2.41. The average molecular weight is 184 g/mol. The highest BCUT2D eigenvalue weighted by molar-refractivity contribution is 5.75. The first-order valence-corrected chi connectivity index (χ1v) is 5.13. The first kappa shape index (κ1) is 10.4. The van der Waals surface area contributed by atoms with Crippen LogP contribution in [0.25, 0.3) is 0 Å². The van der Waals surface area contributed by atoms with Gasteiger partial charge >= 0.3 is 6.03 Å². The first-order chi connectivity index (χ1) is 6.08. The number of hydrogen-bond acceptors (Lipinski definition) is 1. The molecule has 76 valence electrons. The molecule has 2 amide bonds. The van der Waals surface area contributed by atoms with Crippen LogP contribution in [0.3, 0.4) is 0 Å². The molecule has 0 spiro atoms. The van der Waals surface area contributed by atoms with E-state index in [9.17, 15) is 4.79 Å². The Hall–Kier alpha value is -0.730. The van der Waals surface area contributed by atoms with Crippen molar-refractivity contribution in [2.75, 3.05) is 13.1 Å². The first-order valence-electron chi connectivity index (χ1n) is 5.13. The van der Waals surface area contributed by atoms with Crippen LogP contribution in [-0.2, 0) is 0 Å². The molecule has 3 heteroatoms. The molecule has 1 fully saturated rings. The highest BCUT2D eigenvalue weighted by atomic mass is 16.2. The van der Waals surface area contributed by atoms with Crippen molar-refractivity contribution >= 4 is 6.03 Å². The molecule has 0 atom stereocenters. The average Bonchev–Trinajstić information content (AvgIpc) is 2.04. The summed E-state index contributed by atoms with van der Waals surface area (Å²) in [5, 5.41) is 2.88. The summed E-state index contributed by atoms with van der Waals surface area (Å²) < 4.78 is 0. The molecule has 1 saturated heterocycles. The van der Waals surface area contributed by atoms with Gasteiger partial charge in [0, 0.05) is 18.6 Å². The standard InChI is InChI=1S/C10H20N2O/c1-4-6-10(2,3)12-8-5-7-11-9(12)13/h4-8H2,1-3H3,(H,11,13). The van der Waals surface area contributed by atoms with E-state index in [2.05, 4.69) is 26.1 Å². The zero-order valence-corrected chi connectivity index (χ0v) is 8.89. The van der Waals surface area contributed by atoms with Crippen LogP contribution in [0.2, 0.25) is 0 Å². The van der Waals surface area contributed by atoms with E-state index in [0.29, 0.717) is 0 Å². The van der Waals surface area contributed by atoms with Crippen LogP contribution in [-0.4, -0.2) is 29.6 Å². The Morgan fingerprint density at radius 2 is 2.23 bits per heavy atom. The van der Waals surface area contributed by atoms with Crippen LogP contribution in [0.4, 0.5) is 4.79 Å². The molecule has 1 rings (SSSR count). The normalized spacial score (nSPS) is 18.7. The molecule has 0 saturated carbocycles. The number of carbonyl (C=O) groups excluding carboxylic acids is 1. The van der Waals surface area contributed by atoms with E-state index in [4.69, 9.17) is 0 Å². The second-order valence-electron chi connectivity index (χ2n) is 4.30. The van der Waals surface area contributed by atoms with Gasteiger partial charge in [-0.3, -0.25) is 0 Å². The number of urea groups is 1. The van der Waals surface area contributed by atoms with Crippen molar-refractivity contribution in [1.29, 1.82) is 0 Å². The Bertz CT molecular complexity index is 189. The van der Waals surface area contributed by atoms with Gasteiger partial charge in [0.2, 0.25) is 0 Å². The van der Waals surface area contributed by atoms with E-state index in [1.54, 1.807) is 0 Å². The van der Waals surface area contributed by atoms with Gasteiger partial charge in [-0.05, 0) is 26.7 Å². The Morgan fingerprint density at radius 3 is 2.77 bits per heavy atom. The summed E-state index contributed by atoms with van der Waals surface area (Å²) >= 11 is 0. The van der Waals surface area contributed by atoms with E-state index >= 15 is 0 Å². The molecule has 0 aliphatic carbocycles. The quantitative estimate of drug-likeness (QED) is 0.714. The number of nitrogens with zero attached hydrogens (tertiary/aromatic N) is 1. The molecule has 1 aliphatic rings. The maximum atomic E-state index is 11.5. The predicted molar refractivity (Wildman–Crippen MR) is 53.7 cm³/mol. The lowest BCUT2D eigenvalue weighted by atomic mass is 9.96. The van der Waals surface area contributed by atoms with E-state index in [1.807, 2.05) is 4.90 Å². The third-order valence-electron chi connectivity index (χ3n) is 2.67. The molecule has 1 heterocycles. The number of rotatable bonds is 3. The maximum Gasteiger partial charge on any atom is 0.317 e. The van der Waals surface area contributed by atoms with Gasteiger partial charge in [0.1, 0.15) is 0 Å². The monoisotopic (exact) mass is 184 g/mol. The van der Waals surface area contributed by atoms with E-state index < -0.39 is 0 Å². The van der Waals surface area contributed by atoms with Crippen molar-refractivity contribution in [3.63, 3.8) is 0 Å². The highest BCUT2D eigenvalue weighted by Gasteiger charge is 2.31. The third kappa shape index (κ3) is 2.36. The second-order valence-corrected chi connectivity index (χ2v) is 4.30. The fourth-order valence-electron chi connectivity index (χ4n) is 1.95. The minimum Gasteiger partial charge on any atom is -0.338 e. The van der Waals surface area contributed by atoms with Gasteiger partial charge in [0.05, 0.1) is 0 Å². The molecule has 0 bridgehead atoms. The van der Waals surface area contributed by atoms with Gasteiger partial charge in [0.25, 0.3) is 0 Å². The topological polar surface area (TPSA) is 32.3 Å². The number of amides is 2. The Labute approximate surface area is 80.5 Å². The molecular formula is C10H20N2O. The zero-order chi connectivity index (χ0) is 9.90. The van der Waals surface area contributed by atoms with E-state index in [0.717, 1.165) is 32.4 Å². The molecule has 0 aromatic rings. The van der Waals surface area contributed by atoms with Crippen LogP contribution in [0.1, 0.15) is 40.0 Å². The SMILES string of the molecule is CCCC(C)(C)N1CCCNC1=O. The molecule has 0 aromatic heterocycles. The number of hydrogen-bond donors (Lipinski definition) is 1. The summed E-state index contributed by atoms with van der Waals surface area (Å²) in [7, 11) is 0. The molecule has 13 heavy (non-hydrogen) atoms. The molecule has 0 radical (unpaired) electrons. The largest absolute Gasteiger partial charge is 0.338 e. The predicted octanol–water partition coefficient (Wildman–Crippen LogP) is 1.98. The Morgan fingerprint density at radius 1 is 1.54 bits per heavy atom. The van der Waals surface area contributed by atoms with Gasteiger partial charge in [-0.15, -0.1) is 0 Å². The highest BCUT2D eigenvalue weighted by Crippen LogP contribution is 2.22. The molecule has 0 unspecified atom stereocenters. The molecular weight excluding hydrogens is 164 g/mol. The summed E-state index contributed by atoms with van der Waals surface area (Å²) in [6, 6.07) is 0.102. The minimum absolute atomic E-state index is 0.0131. The Balaban J connectivity index is 2.61. The summed E-state index contributed by atoms with van der Waals surface area (Å²) in [5.41, 5.74) is 0.0131. The van der Waals surface area contributed by atoms with Crippen LogP contribution in [0.15, 0.2) is 0 Å². The van der Waals surface area contributed by atoms with Crippen molar-refractivity contribution < 1.29 is 4.79 Å². The van der Waals surface area contributed by atoms with Crippen molar-refractivity contribution in [2.45, 2.75) is 45.6 Å². The van der Waals surface area contributed by atoms with Gasteiger partial charge in [-0.1, -0.05) is 13.3 Å². The minimum atomic E-state index is 0.0131.